The first kappa shape index (κ1) is 14.6. The van der Waals surface area contributed by atoms with Gasteiger partial charge in [-0.05, 0) is 31.0 Å². The second-order valence-corrected chi connectivity index (χ2v) is 5.02. The van der Waals surface area contributed by atoms with Crippen LogP contribution in [0.5, 0.6) is 11.7 Å². The fraction of sp³-hybridized carbons (Fsp3) is 0.312. The third-order valence-electron chi connectivity index (χ3n) is 3.33. The van der Waals surface area contributed by atoms with Gasteiger partial charge in [-0.25, -0.2) is 4.39 Å². The largest absolute Gasteiger partial charge is 0.426 e. The van der Waals surface area contributed by atoms with Gasteiger partial charge in [-0.15, -0.1) is 0 Å². The SMILES string of the molecule is O=C(NC[C@@H]1CCCO1)c1ccc(Oc2cccc(F)c2)o1. The van der Waals surface area contributed by atoms with Crippen LogP contribution in [-0.4, -0.2) is 25.2 Å². The molecule has 1 saturated heterocycles. The van der Waals surface area contributed by atoms with E-state index in [4.69, 9.17) is 13.9 Å². The highest BCUT2D eigenvalue weighted by Crippen LogP contribution is 2.24. The number of carbonyl (C=O) groups is 1. The van der Waals surface area contributed by atoms with Crippen molar-refractivity contribution < 1.29 is 23.1 Å². The van der Waals surface area contributed by atoms with Crippen LogP contribution in [0, 0.1) is 5.82 Å². The molecule has 5 nitrogen and oxygen atoms in total. The Morgan fingerprint density at radius 3 is 3.05 bits per heavy atom. The number of hydrogen-bond acceptors (Lipinski definition) is 4. The minimum atomic E-state index is -0.404. The van der Waals surface area contributed by atoms with Gasteiger partial charge >= 0.3 is 0 Å². The van der Waals surface area contributed by atoms with Crippen molar-refractivity contribution in [3.05, 3.63) is 48.0 Å². The predicted molar refractivity (Wildman–Crippen MR) is 76.5 cm³/mol. The Kier molecular flexibility index (Phi) is 4.39. The van der Waals surface area contributed by atoms with E-state index < -0.39 is 5.82 Å². The Hall–Kier alpha value is -2.34. The van der Waals surface area contributed by atoms with E-state index in [1.54, 1.807) is 6.07 Å². The molecule has 0 saturated carbocycles. The molecule has 0 spiro atoms. The van der Waals surface area contributed by atoms with Crippen molar-refractivity contribution in [2.45, 2.75) is 18.9 Å². The van der Waals surface area contributed by atoms with E-state index in [2.05, 4.69) is 5.32 Å². The summed E-state index contributed by atoms with van der Waals surface area (Å²) in [6.45, 7) is 1.20. The number of hydrogen-bond donors (Lipinski definition) is 1. The van der Waals surface area contributed by atoms with Gasteiger partial charge in [0, 0.05) is 25.3 Å². The first-order valence-electron chi connectivity index (χ1n) is 7.14. The maximum absolute atomic E-state index is 13.1. The summed E-state index contributed by atoms with van der Waals surface area (Å²) < 4.78 is 29.2. The number of amides is 1. The van der Waals surface area contributed by atoms with E-state index in [1.165, 1.54) is 30.3 Å². The molecule has 2 aromatic rings. The number of benzene rings is 1. The van der Waals surface area contributed by atoms with Gasteiger partial charge in [-0.3, -0.25) is 4.79 Å². The van der Waals surface area contributed by atoms with E-state index in [1.807, 2.05) is 0 Å². The van der Waals surface area contributed by atoms with Gasteiger partial charge in [0.05, 0.1) is 6.10 Å². The monoisotopic (exact) mass is 305 g/mol. The second kappa shape index (κ2) is 6.62. The van der Waals surface area contributed by atoms with Crippen molar-refractivity contribution in [1.82, 2.24) is 5.32 Å². The molecule has 2 heterocycles. The second-order valence-electron chi connectivity index (χ2n) is 5.02. The molecule has 1 aromatic carbocycles. The van der Waals surface area contributed by atoms with Crippen LogP contribution in [0.15, 0.2) is 40.8 Å². The first-order valence-corrected chi connectivity index (χ1v) is 7.14. The van der Waals surface area contributed by atoms with Crippen LogP contribution in [0.4, 0.5) is 4.39 Å². The maximum Gasteiger partial charge on any atom is 0.290 e. The fourth-order valence-corrected chi connectivity index (χ4v) is 2.24. The maximum atomic E-state index is 13.1. The van der Waals surface area contributed by atoms with E-state index >= 15 is 0 Å². The molecule has 1 amide bonds. The highest BCUT2D eigenvalue weighted by atomic mass is 19.1. The van der Waals surface area contributed by atoms with Gasteiger partial charge in [0.1, 0.15) is 11.6 Å². The Labute approximate surface area is 127 Å². The van der Waals surface area contributed by atoms with Crippen LogP contribution in [0.2, 0.25) is 0 Å². The Morgan fingerprint density at radius 1 is 1.36 bits per heavy atom. The summed E-state index contributed by atoms with van der Waals surface area (Å²) in [6, 6.07) is 8.72. The van der Waals surface area contributed by atoms with E-state index in [0.29, 0.717) is 12.3 Å². The average molecular weight is 305 g/mol. The zero-order valence-corrected chi connectivity index (χ0v) is 11.9. The summed E-state index contributed by atoms with van der Waals surface area (Å²) in [4.78, 5) is 11.9. The zero-order chi connectivity index (χ0) is 15.4. The standard InChI is InChI=1S/C16H16FNO4/c17-11-3-1-4-12(9-11)21-15-7-6-14(22-15)16(19)18-10-13-5-2-8-20-13/h1,3-4,6-7,9,13H,2,5,8,10H2,(H,18,19)/t13-/m0/s1. The molecule has 0 aliphatic carbocycles. The number of furan rings is 1. The Morgan fingerprint density at radius 2 is 2.27 bits per heavy atom. The molecule has 22 heavy (non-hydrogen) atoms. The molecule has 0 unspecified atom stereocenters. The molecule has 1 N–H and O–H groups in total. The van der Waals surface area contributed by atoms with Gasteiger partial charge in [-0.1, -0.05) is 6.07 Å². The third kappa shape index (κ3) is 3.65. The lowest BCUT2D eigenvalue weighted by atomic mass is 10.2. The highest BCUT2D eigenvalue weighted by Gasteiger charge is 2.18. The number of carbonyl (C=O) groups excluding carboxylic acids is 1. The van der Waals surface area contributed by atoms with Crippen LogP contribution in [0.25, 0.3) is 0 Å². The van der Waals surface area contributed by atoms with E-state index in [9.17, 15) is 9.18 Å². The molecule has 0 radical (unpaired) electrons. The van der Waals surface area contributed by atoms with Crippen LogP contribution < -0.4 is 10.1 Å². The lowest BCUT2D eigenvalue weighted by Gasteiger charge is -2.09. The van der Waals surface area contributed by atoms with Crippen LogP contribution >= 0.6 is 0 Å². The topological polar surface area (TPSA) is 60.7 Å². The van der Waals surface area contributed by atoms with Crippen molar-refractivity contribution >= 4 is 5.91 Å². The lowest BCUT2D eigenvalue weighted by molar-refractivity contribution is 0.0831. The summed E-state index contributed by atoms with van der Waals surface area (Å²) in [5.74, 6) is -0.152. The van der Waals surface area contributed by atoms with Gasteiger partial charge < -0.3 is 19.2 Å². The predicted octanol–water partition coefficient (Wildman–Crippen LogP) is 3.12. The molecule has 3 rings (SSSR count). The normalized spacial score (nSPS) is 17.4. The molecule has 1 fully saturated rings. The average Bonchev–Trinajstić information content (AvgIpc) is 3.16. The van der Waals surface area contributed by atoms with Gasteiger partial charge in [0.2, 0.25) is 0 Å². The Bertz CT molecular complexity index is 649. The summed E-state index contributed by atoms with van der Waals surface area (Å²) in [5.41, 5.74) is 0. The molecule has 0 bridgehead atoms. The molecule has 1 aromatic heterocycles. The first-order chi connectivity index (χ1) is 10.7. The quantitative estimate of drug-likeness (QED) is 0.922. The minimum absolute atomic E-state index is 0.0712. The molecule has 6 heteroatoms. The minimum Gasteiger partial charge on any atom is -0.426 e. The van der Waals surface area contributed by atoms with Crippen molar-refractivity contribution in [2.24, 2.45) is 0 Å². The summed E-state index contributed by atoms with van der Waals surface area (Å²) in [5, 5.41) is 2.75. The molecule has 1 aliphatic heterocycles. The zero-order valence-electron chi connectivity index (χ0n) is 11.9. The van der Waals surface area contributed by atoms with Gasteiger partial charge in [-0.2, -0.15) is 0 Å². The third-order valence-corrected chi connectivity index (χ3v) is 3.33. The van der Waals surface area contributed by atoms with Crippen LogP contribution in [0.3, 0.4) is 0 Å². The van der Waals surface area contributed by atoms with Crippen LogP contribution in [-0.2, 0) is 4.74 Å². The smallest absolute Gasteiger partial charge is 0.290 e. The van der Waals surface area contributed by atoms with Gasteiger partial charge in [0.25, 0.3) is 11.9 Å². The fourth-order valence-electron chi connectivity index (χ4n) is 2.24. The number of halogens is 1. The number of rotatable bonds is 5. The van der Waals surface area contributed by atoms with Gasteiger partial charge in [0.15, 0.2) is 5.76 Å². The van der Waals surface area contributed by atoms with E-state index in [0.717, 1.165) is 19.4 Å². The van der Waals surface area contributed by atoms with Crippen molar-refractivity contribution in [3.63, 3.8) is 0 Å². The van der Waals surface area contributed by atoms with Crippen molar-refractivity contribution in [2.75, 3.05) is 13.2 Å². The number of ether oxygens (including phenoxy) is 2. The van der Waals surface area contributed by atoms with E-state index in [-0.39, 0.29) is 23.7 Å². The molecule has 116 valence electrons. The molecular weight excluding hydrogens is 289 g/mol. The summed E-state index contributed by atoms with van der Waals surface area (Å²) >= 11 is 0. The van der Waals surface area contributed by atoms with Crippen LogP contribution in [0.1, 0.15) is 23.4 Å². The highest BCUT2D eigenvalue weighted by molar-refractivity contribution is 5.91. The molecule has 1 aliphatic rings. The number of nitrogens with one attached hydrogen (secondary N) is 1. The van der Waals surface area contributed by atoms with Crippen molar-refractivity contribution in [3.8, 4) is 11.7 Å². The summed E-state index contributed by atoms with van der Waals surface area (Å²) in [7, 11) is 0. The molecule has 1 atom stereocenters. The van der Waals surface area contributed by atoms with Crippen molar-refractivity contribution in [1.29, 1.82) is 0 Å². The summed E-state index contributed by atoms with van der Waals surface area (Å²) in [6.07, 6.45) is 2.04. The lowest BCUT2D eigenvalue weighted by Crippen LogP contribution is -2.31. The Balaban J connectivity index is 1.57. The molecular formula is C16H16FNO4.